The first-order chi connectivity index (χ1) is 8.04. The molecule has 1 N–H and O–H groups in total. The van der Waals surface area contributed by atoms with Crippen LogP contribution in [0.15, 0.2) is 24.8 Å². The van der Waals surface area contributed by atoms with Crippen LogP contribution in [0.3, 0.4) is 0 Å². The molecule has 0 atom stereocenters. The van der Waals surface area contributed by atoms with E-state index in [0.717, 1.165) is 19.3 Å². The van der Waals surface area contributed by atoms with Gasteiger partial charge in [-0.3, -0.25) is 4.79 Å². The quantitative estimate of drug-likeness (QED) is 0.853. The highest BCUT2D eigenvalue weighted by molar-refractivity contribution is 5.95. The van der Waals surface area contributed by atoms with Gasteiger partial charge in [-0.05, 0) is 43.9 Å². The summed E-state index contributed by atoms with van der Waals surface area (Å²) >= 11 is 0. The standard InChI is InChI=1S/C14H16FNO/c1-3-10-5-6-11(12(15)9-10)13(17)16-14(2)7-4-8-14/h3,5-6,9H,1,4,7-8H2,2H3,(H,16,17). The number of hydrogen-bond acceptors (Lipinski definition) is 1. The average molecular weight is 233 g/mol. The van der Waals surface area contributed by atoms with Crippen molar-refractivity contribution in [1.82, 2.24) is 5.32 Å². The van der Waals surface area contributed by atoms with Crippen molar-refractivity contribution in [2.24, 2.45) is 0 Å². The predicted octanol–water partition coefficient (Wildman–Crippen LogP) is 3.14. The summed E-state index contributed by atoms with van der Waals surface area (Å²) < 4.78 is 13.7. The van der Waals surface area contributed by atoms with E-state index in [1.165, 1.54) is 12.1 Å². The van der Waals surface area contributed by atoms with E-state index in [2.05, 4.69) is 11.9 Å². The van der Waals surface area contributed by atoms with Crippen LogP contribution in [0.4, 0.5) is 4.39 Å². The molecule has 0 saturated heterocycles. The number of halogens is 1. The van der Waals surface area contributed by atoms with Crippen LogP contribution in [0, 0.1) is 5.82 Å². The van der Waals surface area contributed by atoms with Gasteiger partial charge < -0.3 is 5.32 Å². The fraction of sp³-hybridized carbons (Fsp3) is 0.357. The Morgan fingerprint density at radius 3 is 2.71 bits per heavy atom. The van der Waals surface area contributed by atoms with E-state index in [9.17, 15) is 9.18 Å². The van der Waals surface area contributed by atoms with Crippen LogP contribution < -0.4 is 5.32 Å². The minimum Gasteiger partial charge on any atom is -0.347 e. The fourth-order valence-corrected chi connectivity index (χ4v) is 2.02. The summed E-state index contributed by atoms with van der Waals surface area (Å²) in [6, 6.07) is 4.52. The SMILES string of the molecule is C=Cc1ccc(C(=O)NC2(C)CCC2)c(F)c1. The summed E-state index contributed by atoms with van der Waals surface area (Å²) in [5.41, 5.74) is 0.623. The van der Waals surface area contributed by atoms with Crippen molar-refractivity contribution in [3.8, 4) is 0 Å². The Morgan fingerprint density at radius 2 is 2.24 bits per heavy atom. The van der Waals surface area contributed by atoms with Gasteiger partial charge in [-0.15, -0.1) is 0 Å². The van der Waals surface area contributed by atoms with Gasteiger partial charge in [-0.1, -0.05) is 18.7 Å². The largest absolute Gasteiger partial charge is 0.347 e. The van der Waals surface area contributed by atoms with E-state index in [-0.39, 0.29) is 17.0 Å². The summed E-state index contributed by atoms with van der Waals surface area (Å²) in [6.07, 6.45) is 4.60. The number of amides is 1. The Balaban J connectivity index is 2.16. The van der Waals surface area contributed by atoms with E-state index >= 15 is 0 Å². The third-order valence-electron chi connectivity index (χ3n) is 3.35. The molecular formula is C14H16FNO. The molecule has 0 heterocycles. The molecule has 2 rings (SSSR count). The lowest BCUT2D eigenvalue weighted by molar-refractivity contribution is 0.0846. The van der Waals surface area contributed by atoms with Gasteiger partial charge in [0.2, 0.25) is 0 Å². The number of nitrogens with one attached hydrogen (secondary N) is 1. The van der Waals surface area contributed by atoms with Gasteiger partial charge in [0, 0.05) is 5.54 Å². The monoisotopic (exact) mass is 233 g/mol. The third kappa shape index (κ3) is 2.38. The predicted molar refractivity (Wildman–Crippen MR) is 66.2 cm³/mol. The zero-order chi connectivity index (χ0) is 12.5. The van der Waals surface area contributed by atoms with Crippen molar-refractivity contribution in [2.45, 2.75) is 31.7 Å². The molecule has 1 amide bonds. The molecule has 2 nitrogen and oxygen atoms in total. The molecule has 0 unspecified atom stereocenters. The lowest BCUT2D eigenvalue weighted by Crippen LogP contribution is -2.51. The molecule has 3 heteroatoms. The lowest BCUT2D eigenvalue weighted by Gasteiger charge is -2.39. The Labute approximate surface area is 101 Å². The third-order valence-corrected chi connectivity index (χ3v) is 3.35. The first kappa shape index (κ1) is 11.8. The first-order valence-electron chi connectivity index (χ1n) is 5.79. The Hall–Kier alpha value is -1.64. The van der Waals surface area contributed by atoms with Crippen LogP contribution in [0.2, 0.25) is 0 Å². The van der Waals surface area contributed by atoms with Gasteiger partial charge in [0.25, 0.3) is 5.91 Å². The summed E-state index contributed by atoms with van der Waals surface area (Å²) in [5, 5.41) is 2.88. The Morgan fingerprint density at radius 1 is 1.53 bits per heavy atom. The maximum Gasteiger partial charge on any atom is 0.254 e. The number of hydrogen-bond donors (Lipinski definition) is 1. The van der Waals surface area contributed by atoms with E-state index in [4.69, 9.17) is 0 Å². The van der Waals surface area contributed by atoms with E-state index < -0.39 is 5.82 Å². The van der Waals surface area contributed by atoms with Gasteiger partial charge in [0.15, 0.2) is 0 Å². The Kier molecular flexibility index (Phi) is 3.01. The van der Waals surface area contributed by atoms with Crippen molar-refractivity contribution in [3.63, 3.8) is 0 Å². The molecule has 0 aromatic heterocycles. The van der Waals surface area contributed by atoms with Crippen molar-refractivity contribution in [1.29, 1.82) is 0 Å². The molecule has 0 aliphatic heterocycles. The van der Waals surface area contributed by atoms with Crippen LogP contribution in [0.1, 0.15) is 42.1 Å². The van der Waals surface area contributed by atoms with Gasteiger partial charge in [0.1, 0.15) is 5.82 Å². The zero-order valence-electron chi connectivity index (χ0n) is 9.92. The maximum atomic E-state index is 13.7. The van der Waals surface area contributed by atoms with Gasteiger partial charge >= 0.3 is 0 Å². The molecule has 1 fully saturated rings. The van der Waals surface area contributed by atoms with E-state index in [0.29, 0.717) is 5.56 Å². The highest BCUT2D eigenvalue weighted by atomic mass is 19.1. The topological polar surface area (TPSA) is 29.1 Å². The number of benzene rings is 1. The highest BCUT2D eigenvalue weighted by Crippen LogP contribution is 2.31. The molecule has 1 aliphatic rings. The summed E-state index contributed by atoms with van der Waals surface area (Å²) in [4.78, 5) is 11.9. The van der Waals surface area contributed by atoms with E-state index in [1.54, 1.807) is 12.1 Å². The number of carbonyl (C=O) groups is 1. The van der Waals surface area contributed by atoms with Gasteiger partial charge in [-0.25, -0.2) is 4.39 Å². The van der Waals surface area contributed by atoms with Crippen LogP contribution in [0.25, 0.3) is 6.08 Å². The second-order valence-electron chi connectivity index (χ2n) is 4.81. The molecule has 1 saturated carbocycles. The fourth-order valence-electron chi connectivity index (χ4n) is 2.02. The van der Waals surface area contributed by atoms with Crippen LogP contribution >= 0.6 is 0 Å². The summed E-state index contributed by atoms with van der Waals surface area (Å²) in [7, 11) is 0. The van der Waals surface area contributed by atoms with Gasteiger partial charge in [-0.2, -0.15) is 0 Å². The average Bonchev–Trinajstić information content (AvgIpc) is 2.26. The van der Waals surface area contributed by atoms with Gasteiger partial charge in [0.05, 0.1) is 5.56 Å². The number of rotatable bonds is 3. The van der Waals surface area contributed by atoms with Crippen LogP contribution in [0.5, 0.6) is 0 Å². The molecule has 0 bridgehead atoms. The minimum atomic E-state index is -0.497. The van der Waals surface area contributed by atoms with Crippen molar-refractivity contribution in [2.75, 3.05) is 0 Å². The number of carbonyl (C=O) groups excluding carboxylic acids is 1. The molecule has 0 spiro atoms. The van der Waals surface area contributed by atoms with Crippen LogP contribution in [-0.4, -0.2) is 11.4 Å². The lowest BCUT2D eigenvalue weighted by atomic mass is 9.78. The molecule has 1 aliphatic carbocycles. The van der Waals surface area contributed by atoms with Crippen molar-refractivity contribution < 1.29 is 9.18 Å². The highest BCUT2D eigenvalue weighted by Gasteiger charge is 2.33. The summed E-state index contributed by atoms with van der Waals surface area (Å²) in [5.74, 6) is -0.830. The molecule has 90 valence electrons. The summed E-state index contributed by atoms with van der Waals surface area (Å²) in [6.45, 7) is 5.55. The van der Waals surface area contributed by atoms with Crippen molar-refractivity contribution in [3.05, 3.63) is 41.7 Å². The van der Waals surface area contributed by atoms with E-state index in [1.807, 2.05) is 6.92 Å². The molecule has 1 aromatic rings. The molecule has 17 heavy (non-hydrogen) atoms. The zero-order valence-corrected chi connectivity index (χ0v) is 9.92. The second-order valence-corrected chi connectivity index (χ2v) is 4.81. The molecule has 0 radical (unpaired) electrons. The molecule has 1 aromatic carbocycles. The van der Waals surface area contributed by atoms with Crippen LogP contribution in [-0.2, 0) is 0 Å². The first-order valence-corrected chi connectivity index (χ1v) is 5.79. The second kappa shape index (κ2) is 4.32. The normalized spacial score (nSPS) is 17.1. The smallest absolute Gasteiger partial charge is 0.254 e. The minimum absolute atomic E-state index is 0.101. The molecular weight excluding hydrogens is 217 g/mol. The Bertz CT molecular complexity index is 463. The maximum absolute atomic E-state index is 13.7. The van der Waals surface area contributed by atoms with Crippen molar-refractivity contribution >= 4 is 12.0 Å².